The molecule has 328 valence electrons. The summed E-state index contributed by atoms with van der Waals surface area (Å²) in [5.41, 5.74) is 5.23. The SMILES string of the molecule is CCc1c2c(nc3ccc(OC(=O)N4CCC(Cn5ccc6cc(-n7c(C)nnc7-c7cc(C(C)C)c(O)cc7O)ccc65)CC4)cc13)-c1cc3c(c(=O)n1C2)COC(=O)C3(O)CC. The Morgan fingerprint density at radius 3 is 2.52 bits per heavy atom. The van der Waals surface area contributed by atoms with Crippen molar-refractivity contribution in [1.29, 1.82) is 0 Å². The zero-order valence-electron chi connectivity index (χ0n) is 36.4. The number of carbonyl (C=O) groups is 2. The van der Waals surface area contributed by atoms with Crippen LogP contribution in [0.1, 0.15) is 86.5 Å². The summed E-state index contributed by atoms with van der Waals surface area (Å²) in [4.78, 5) is 46.7. The Bertz CT molecular complexity index is 3140. The number of pyridine rings is 2. The van der Waals surface area contributed by atoms with E-state index in [0.29, 0.717) is 70.9 Å². The second kappa shape index (κ2) is 15.4. The normalized spacial score (nSPS) is 17.2. The van der Waals surface area contributed by atoms with Crippen LogP contribution in [-0.4, -0.2) is 74.3 Å². The maximum absolute atomic E-state index is 13.7. The predicted octanol–water partition coefficient (Wildman–Crippen LogP) is 7.60. The summed E-state index contributed by atoms with van der Waals surface area (Å²) in [7, 11) is 0. The third-order valence-electron chi connectivity index (χ3n) is 13.5. The van der Waals surface area contributed by atoms with Crippen molar-refractivity contribution in [3.05, 3.63) is 111 Å². The Labute approximate surface area is 368 Å². The van der Waals surface area contributed by atoms with E-state index in [1.807, 2.05) is 50.5 Å². The molecule has 7 heterocycles. The number of esters is 1. The van der Waals surface area contributed by atoms with Crippen LogP contribution < -0.4 is 10.3 Å². The number of nitrogens with zero attached hydrogens (tertiary/aromatic N) is 7. The average molecular weight is 864 g/mol. The minimum absolute atomic E-state index is 0.0424. The molecular weight excluding hydrogens is 815 g/mol. The maximum atomic E-state index is 13.7. The molecule has 1 unspecified atom stereocenters. The first kappa shape index (κ1) is 41.0. The zero-order chi connectivity index (χ0) is 44.8. The van der Waals surface area contributed by atoms with Crippen molar-refractivity contribution in [3.63, 3.8) is 0 Å². The monoisotopic (exact) mass is 863 g/mol. The number of phenols is 2. The van der Waals surface area contributed by atoms with Crippen LogP contribution in [0.3, 0.4) is 0 Å². The first-order valence-corrected chi connectivity index (χ1v) is 21.9. The van der Waals surface area contributed by atoms with Crippen molar-refractivity contribution in [2.45, 2.75) is 91.5 Å². The molecular formula is C49H49N7O8. The van der Waals surface area contributed by atoms with E-state index < -0.39 is 17.7 Å². The van der Waals surface area contributed by atoms with Crippen LogP contribution in [0.2, 0.25) is 0 Å². The van der Waals surface area contributed by atoms with E-state index >= 15 is 0 Å². The summed E-state index contributed by atoms with van der Waals surface area (Å²) < 4.78 is 17.0. The number of carbonyl (C=O) groups excluding carboxylic acids is 2. The molecule has 4 aromatic heterocycles. The van der Waals surface area contributed by atoms with Crippen molar-refractivity contribution in [3.8, 4) is 45.7 Å². The van der Waals surface area contributed by atoms with Gasteiger partial charge in [-0.15, -0.1) is 10.2 Å². The van der Waals surface area contributed by atoms with Gasteiger partial charge in [-0.25, -0.2) is 14.6 Å². The second-order valence-corrected chi connectivity index (χ2v) is 17.6. The predicted molar refractivity (Wildman–Crippen MR) is 239 cm³/mol. The molecule has 15 heteroatoms. The number of phenolic OH excluding ortho intramolecular Hbond substituents is 2. The van der Waals surface area contributed by atoms with Crippen LogP contribution in [-0.2, 0) is 41.2 Å². The number of likely N-dealkylation sites (tertiary alicyclic amines) is 1. The number of aromatic nitrogens is 6. The van der Waals surface area contributed by atoms with Gasteiger partial charge in [0.05, 0.1) is 34.6 Å². The van der Waals surface area contributed by atoms with Crippen molar-refractivity contribution < 1.29 is 34.4 Å². The summed E-state index contributed by atoms with van der Waals surface area (Å²) in [6.07, 6.45) is 4.03. The number of aliphatic hydroxyl groups is 1. The van der Waals surface area contributed by atoms with Crippen molar-refractivity contribution in [1.82, 2.24) is 33.8 Å². The highest BCUT2D eigenvalue weighted by Crippen LogP contribution is 2.42. The number of cyclic esters (lactones) is 1. The molecule has 1 fully saturated rings. The van der Waals surface area contributed by atoms with E-state index in [4.69, 9.17) is 14.5 Å². The van der Waals surface area contributed by atoms with Crippen molar-refractivity contribution in [2.75, 3.05) is 13.1 Å². The molecule has 0 aliphatic carbocycles. The Kier molecular flexibility index (Phi) is 9.85. The molecule has 0 spiro atoms. The first-order chi connectivity index (χ1) is 30.8. The number of aryl methyl sites for hydroxylation is 2. The number of ether oxygens (including phenoxy) is 2. The molecule has 64 heavy (non-hydrogen) atoms. The van der Waals surface area contributed by atoms with E-state index in [1.165, 1.54) is 6.07 Å². The van der Waals surface area contributed by atoms with Gasteiger partial charge in [0, 0.05) is 65.0 Å². The number of hydrogen-bond donors (Lipinski definition) is 3. The van der Waals surface area contributed by atoms with Gasteiger partial charge in [-0.1, -0.05) is 27.7 Å². The van der Waals surface area contributed by atoms with Crippen LogP contribution in [0.15, 0.2) is 71.7 Å². The average Bonchev–Trinajstić information content (AvgIpc) is 3.99. The number of piperidine rings is 1. The zero-order valence-corrected chi connectivity index (χ0v) is 36.4. The third-order valence-corrected chi connectivity index (χ3v) is 13.5. The molecule has 3 N–H and O–H groups in total. The maximum Gasteiger partial charge on any atom is 0.415 e. The molecule has 1 saturated heterocycles. The fourth-order valence-corrected chi connectivity index (χ4v) is 9.92. The molecule has 3 aliphatic rings. The van der Waals surface area contributed by atoms with E-state index in [0.717, 1.165) is 52.5 Å². The smallest absolute Gasteiger partial charge is 0.415 e. The molecule has 3 aromatic carbocycles. The standard InChI is InChI=1S/C49H49N7O8/c1-6-32-34-19-31(9-10-39(34)50-44-36(32)24-55-41(44)21-38-37(46(55)59)25-63-47(60)49(38,62)7-2)64-48(61)53-15-12-28(13-16-53)23-54-17-14-29-18-30(8-11-40(29)54)56-27(5)51-52-45(56)35-20-33(26(3)4)42(57)22-43(35)58/h8-11,14,17-22,26,28,57-58,62H,6-7,12-13,15-16,23-25H2,1-5H3. The van der Waals surface area contributed by atoms with Crippen LogP contribution in [0.4, 0.5) is 4.79 Å². The van der Waals surface area contributed by atoms with Gasteiger partial charge in [0.25, 0.3) is 5.56 Å². The lowest BCUT2D eigenvalue weighted by atomic mass is 9.86. The third kappa shape index (κ3) is 6.51. The molecule has 3 aliphatic heterocycles. The van der Waals surface area contributed by atoms with Gasteiger partial charge in [-0.2, -0.15) is 0 Å². The number of rotatable bonds is 8. The van der Waals surface area contributed by atoms with Gasteiger partial charge >= 0.3 is 12.1 Å². The summed E-state index contributed by atoms with van der Waals surface area (Å²) in [5, 5.41) is 43.2. The highest BCUT2D eigenvalue weighted by atomic mass is 16.6. The number of amides is 1. The Balaban J connectivity index is 0.822. The number of aromatic hydroxyl groups is 2. The Hall–Kier alpha value is -7.00. The summed E-state index contributed by atoms with van der Waals surface area (Å²) in [6.45, 7) is 11.6. The first-order valence-electron chi connectivity index (χ1n) is 21.9. The molecule has 15 nitrogen and oxygen atoms in total. The second-order valence-electron chi connectivity index (χ2n) is 17.6. The lowest BCUT2D eigenvalue weighted by molar-refractivity contribution is -0.172. The molecule has 1 atom stereocenters. The molecule has 0 saturated carbocycles. The minimum atomic E-state index is -1.90. The summed E-state index contributed by atoms with van der Waals surface area (Å²) in [5.74, 6) is 1.17. The minimum Gasteiger partial charge on any atom is -0.508 e. The van der Waals surface area contributed by atoms with E-state index in [1.54, 1.807) is 34.6 Å². The van der Waals surface area contributed by atoms with Crippen LogP contribution in [0, 0.1) is 12.8 Å². The van der Waals surface area contributed by atoms with E-state index in [-0.39, 0.29) is 53.7 Å². The topological polar surface area (TPSA) is 187 Å². The van der Waals surface area contributed by atoms with Crippen LogP contribution >= 0.6 is 0 Å². The van der Waals surface area contributed by atoms with Gasteiger partial charge < -0.3 is 38.8 Å². The van der Waals surface area contributed by atoms with Gasteiger partial charge in [-0.05, 0) is 110 Å². The van der Waals surface area contributed by atoms with Gasteiger partial charge in [0.2, 0.25) is 0 Å². The highest BCUT2D eigenvalue weighted by Gasteiger charge is 2.45. The largest absolute Gasteiger partial charge is 0.508 e. The quantitative estimate of drug-likeness (QED) is 0.128. The molecule has 0 radical (unpaired) electrons. The lowest BCUT2D eigenvalue weighted by Crippen LogP contribution is -2.44. The Morgan fingerprint density at radius 2 is 1.77 bits per heavy atom. The van der Waals surface area contributed by atoms with Crippen LogP contribution in [0.25, 0.3) is 50.3 Å². The van der Waals surface area contributed by atoms with Gasteiger partial charge in [0.1, 0.15) is 29.7 Å². The van der Waals surface area contributed by atoms with Gasteiger partial charge in [0.15, 0.2) is 11.4 Å². The molecule has 0 bridgehead atoms. The molecule has 10 rings (SSSR count). The number of fused-ring (bicyclic) bond motifs is 6. The lowest BCUT2D eigenvalue weighted by Gasteiger charge is -2.31. The van der Waals surface area contributed by atoms with Crippen LogP contribution in [0.5, 0.6) is 17.2 Å². The number of benzene rings is 3. The highest BCUT2D eigenvalue weighted by molar-refractivity contribution is 5.90. The van der Waals surface area contributed by atoms with E-state index in [9.17, 15) is 29.7 Å². The van der Waals surface area contributed by atoms with Crippen molar-refractivity contribution in [2.24, 2.45) is 5.92 Å². The van der Waals surface area contributed by atoms with Crippen molar-refractivity contribution >= 4 is 33.9 Å². The fourth-order valence-electron chi connectivity index (χ4n) is 9.92. The summed E-state index contributed by atoms with van der Waals surface area (Å²) >= 11 is 0. The molecule has 7 aromatic rings. The van der Waals surface area contributed by atoms with Gasteiger partial charge in [-0.3, -0.25) is 9.36 Å². The summed E-state index contributed by atoms with van der Waals surface area (Å²) in [6, 6.07) is 18.6. The Morgan fingerprint density at radius 1 is 0.969 bits per heavy atom. The van der Waals surface area contributed by atoms with E-state index in [2.05, 4.69) is 39.2 Å². The fraction of sp³-hybridized carbons (Fsp3) is 0.347. The molecule has 1 amide bonds. The number of hydrogen-bond acceptors (Lipinski definition) is 11.